The third-order valence-corrected chi connectivity index (χ3v) is 4.99. The molecule has 1 atom stereocenters. The molecule has 2 rings (SSSR count). The highest BCUT2D eigenvalue weighted by molar-refractivity contribution is 7.90. The fourth-order valence-electron chi connectivity index (χ4n) is 2.19. The van der Waals surface area contributed by atoms with Crippen molar-refractivity contribution in [3.8, 4) is 0 Å². The van der Waals surface area contributed by atoms with Crippen molar-refractivity contribution in [3.05, 3.63) is 59.7 Å². The lowest BCUT2D eigenvalue weighted by atomic mass is 10.1. The van der Waals surface area contributed by atoms with Crippen molar-refractivity contribution < 1.29 is 22.0 Å². The van der Waals surface area contributed by atoms with Gasteiger partial charge >= 0.3 is 6.03 Å². The second kappa shape index (κ2) is 7.18. The van der Waals surface area contributed by atoms with Gasteiger partial charge in [0.2, 0.25) is 0 Å². The Morgan fingerprint density at radius 2 is 1.72 bits per heavy atom. The number of nitrogens with one attached hydrogen (secondary N) is 1. The summed E-state index contributed by atoms with van der Waals surface area (Å²) in [6.45, 7) is 1.75. The lowest BCUT2D eigenvalue weighted by Gasteiger charge is -2.25. The quantitative estimate of drug-likeness (QED) is 0.897. The molecule has 0 aliphatic rings. The molecule has 5 nitrogen and oxygen atoms in total. The first-order valence-electron chi connectivity index (χ1n) is 7.38. The SMILES string of the molecule is CC(c1ccc(S(C)(=O)=O)cc1)N(C)C(=O)Nc1ccc(F)cc1F. The van der Waals surface area contributed by atoms with E-state index >= 15 is 0 Å². The van der Waals surface area contributed by atoms with Crippen LogP contribution in [0.3, 0.4) is 0 Å². The van der Waals surface area contributed by atoms with Crippen LogP contribution in [0.4, 0.5) is 19.3 Å². The van der Waals surface area contributed by atoms with Gasteiger partial charge in [0.05, 0.1) is 16.6 Å². The average Bonchev–Trinajstić information content (AvgIpc) is 2.55. The van der Waals surface area contributed by atoms with Crippen LogP contribution in [0.5, 0.6) is 0 Å². The zero-order valence-corrected chi connectivity index (χ0v) is 14.8. The average molecular weight is 368 g/mol. The van der Waals surface area contributed by atoms with Gasteiger partial charge in [0.25, 0.3) is 0 Å². The fraction of sp³-hybridized carbons (Fsp3) is 0.235. The first-order chi connectivity index (χ1) is 11.6. The van der Waals surface area contributed by atoms with E-state index in [1.807, 2.05) is 0 Å². The summed E-state index contributed by atoms with van der Waals surface area (Å²) < 4.78 is 49.5. The Balaban J connectivity index is 2.13. The molecule has 0 bridgehead atoms. The number of benzene rings is 2. The molecule has 2 aromatic rings. The molecule has 25 heavy (non-hydrogen) atoms. The van der Waals surface area contributed by atoms with Gasteiger partial charge in [-0.25, -0.2) is 22.0 Å². The van der Waals surface area contributed by atoms with Gasteiger partial charge < -0.3 is 10.2 Å². The highest BCUT2D eigenvalue weighted by atomic mass is 32.2. The Kier molecular flexibility index (Phi) is 5.42. The Morgan fingerprint density at radius 3 is 2.24 bits per heavy atom. The third-order valence-electron chi connectivity index (χ3n) is 3.86. The molecular weight excluding hydrogens is 350 g/mol. The second-order valence-electron chi connectivity index (χ2n) is 5.68. The summed E-state index contributed by atoms with van der Waals surface area (Å²) in [5.41, 5.74) is 0.586. The lowest BCUT2D eigenvalue weighted by Crippen LogP contribution is -2.33. The predicted octanol–water partition coefficient (Wildman–Crippen LogP) is 3.59. The van der Waals surface area contributed by atoms with E-state index in [9.17, 15) is 22.0 Å². The van der Waals surface area contributed by atoms with Crippen molar-refractivity contribution >= 4 is 21.6 Å². The Labute approximate surface area is 145 Å². The predicted molar refractivity (Wildman–Crippen MR) is 91.1 cm³/mol. The van der Waals surface area contributed by atoms with E-state index in [0.29, 0.717) is 11.6 Å². The molecule has 1 unspecified atom stereocenters. The van der Waals surface area contributed by atoms with Gasteiger partial charge in [-0.15, -0.1) is 0 Å². The maximum Gasteiger partial charge on any atom is 0.322 e. The van der Waals surface area contributed by atoms with Gasteiger partial charge in [0.1, 0.15) is 11.6 Å². The summed E-state index contributed by atoms with van der Waals surface area (Å²) in [7, 11) is -1.78. The highest BCUT2D eigenvalue weighted by Gasteiger charge is 2.19. The minimum atomic E-state index is -3.30. The number of hydrogen-bond donors (Lipinski definition) is 1. The number of anilines is 1. The van der Waals surface area contributed by atoms with Crippen molar-refractivity contribution in [2.75, 3.05) is 18.6 Å². The lowest BCUT2D eigenvalue weighted by molar-refractivity contribution is 0.208. The summed E-state index contributed by atoms with van der Waals surface area (Å²) in [5, 5.41) is 2.37. The first-order valence-corrected chi connectivity index (χ1v) is 9.27. The molecule has 0 saturated carbocycles. The molecule has 1 N–H and O–H groups in total. The van der Waals surface area contributed by atoms with E-state index in [4.69, 9.17) is 0 Å². The van der Waals surface area contributed by atoms with E-state index in [0.717, 1.165) is 18.4 Å². The first kappa shape index (κ1) is 18.9. The smallest absolute Gasteiger partial charge is 0.321 e. The summed E-state index contributed by atoms with van der Waals surface area (Å²) >= 11 is 0. The van der Waals surface area contributed by atoms with Crippen LogP contribution in [-0.2, 0) is 9.84 Å². The van der Waals surface area contributed by atoms with Crippen LogP contribution in [0, 0.1) is 11.6 Å². The van der Waals surface area contributed by atoms with E-state index in [2.05, 4.69) is 5.32 Å². The van der Waals surface area contributed by atoms with E-state index < -0.39 is 33.5 Å². The van der Waals surface area contributed by atoms with Gasteiger partial charge in [-0.05, 0) is 36.8 Å². The second-order valence-corrected chi connectivity index (χ2v) is 7.70. The Hall–Kier alpha value is -2.48. The van der Waals surface area contributed by atoms with Crippen LogP contribution < -0.4 is 5.32 Å². The van der Waals surface area contributed by atoms with Crippen LogP contribution in [0.2, 0.25) is 0 Å². The molecule has 134 valence electrons. The topological polar surface area (TPSA) is 66.5 Å². The van der Waals surface area contributed by atoms with Crippen LogP contribution in [0.1, 0.15) is 18.5 Å². The molecule has 2 amide bonds. The molecular formula is C17H18F2N2O3S. The number of hydrogen-bond acceptors (Lipinski definition) is 3. The van der Waals surface area contributed by atoms with Gasteiger partial charge in [-0.3, -0.25) is 0 Å². The van der Waals surface area contributed by atoms with Gasteiger partial charge in [-0.1, -0.05) is 12.1 Å². The van der Waals surface area contributed by atoms with E-state index in [1.54, 1.807) is 19.1 Å². The number of carbonyl (C=O) groups is 1. The van der Waals surface area contributed by atoms with Gasteiger partial charge in [-0.2, -0.15) is 0 Å². The molecule has 0 saturated heterocycles. The molecule has 0 aliphatic heterocycles. The number of carbonyl (C=O) groups excluding carboxylic acids is 1. The van der Waals surface area contributed by atoms with Crippen molar-refractivity contribution in [2.45, 2.75) is 17.9 Å². The summed E-state index contributed by atoms with van der Waals surface area (Å²) in [5.74, 6) is -1.60. The van der Waals surface area contributed by atoms with Crippen molar-refractivity contribution in [2.24, 2.45) is 0 Å². The third kappa shape index (κ3) is 4.54. The number of urea groups is 1. The molecule has 0 aromatic heterocycles. The molecule has 0 aliphatic carbocycles. The molecule has 0 heterocycles. The minimum absolute atomic E-state index is 0.127. The number of rotatable bonds is 4. The van der Waals surface area contributed by atoms with Crippen molar-refractivity contribution in [3.63, 3.8) is 0 Å². The van der Waals surface area contributed by atoms with Crippen molar-refractivity contribution in [1.82, 2.24) is 4.90 Å². The highest BCUT2D eigenvalue weighted by Crippen LogP contribution is 2.22. The van der Waals surface area contributed by atoms with Crippen molar-refractivity contribution in [1.29, 1.82) is 0 Å². The van der Waals surface area contributed by atoms with Gasteiger partial charge in [0.15, 0.2) is 9.84 Å². The van der Waals surface area contributed by atoms with Gasteiger partial charge in [0, 0.05) is 19.4 Å². The standard InChI is InChI=1S/C17H18F2N2O3S/c1-11(12-4-7-14(8-5-12)25(3,23)24)21(2)17(22)20-16-9-6-13(18)10-15(16)19/h4-11H,1-3H3,(H,20,22). The van der Waals surface area contributed by atoms with Crippen LogP contribution in [0.25, 0.3) is 0 Å². The minimum Gasteiger partial charge on any atom is -0.321 e. The largest absolute Gasteiger partial charge is 0.322 e. The van der Waals surface area contributed by atoms with Crippen LogP contribution in [0.15, 0.2) is 47.4 Å². The summed E-state index contributed by atoms with van der Waals surface area (Å²) in [6, 6.07) is 8.06. The molecule has 0 spiro atoms. The zero-order chi connectivity index (χ0) is 18.8. The molecule has 8 heteroatoms. The molecule has 0 radical (unpaired) electrons. The maximum absolute atomic E-state index is 13.6. The normalized spacial score (nSPS) is 12.5. The number of amides is 2. The molecule has 2 aromatic carbocycles. The number of sulfone groups is 1. The van der Waals surface area contributed by atoms with E-state index in [-0.39, 0.29) is 10.6 Å². The number of halogens is 2. The molecule has 0 fully saturated rings. The Bertz CT molecular complexity index is 883. The monoisotopic (exact) mass is 368 g/mol. The summed E-state index contributed by atoms with van der Waals surface area (Å²) in [6.07, 6.45) is 1.11. The van der Waals surface area contributed by atoms with Crippen LogP contribution in [-0.4, -0.2) is 32.7 Å². The van der Waals surface area contributed by atoms with Crippen LogP contribution >= 0.6 is 0 Å². The fourth-order valence-corrected chi connectivity index (χ4v) is 2.82. The van der Waals surface area contributed by atoms with E-state index in [1.165, 1.54) is 24.1 Å². The Morgan fingerprint density at radius 1 is 1.12 bits per heavy atom. The number of nitrogens with zero attached hydrogens (tertiary/aromatic N) is 1. The maximum atomic E-state index is 13.6. The zero-order valence-electron chi connectivity index (χ0n) is 14.0. The summed E-state index contributed by atoms with van der Waals surface area (Å²) in [4.78, 5) is 13.8.